The van der Waals surface area contributed by atoms with Crippen LogP contribution in [0.15, 0.2) is 18.2 Å². The SMILES string of the molecule is CC(C)CN1C(=O)C(C(=O)c2ccc(O)c(O)c2)C(=O)N(CC(C)C)C1=O. The maximum Gasteiger partial charge on any atom is 0.333 e. The summed E-state index contributed by atoms with van der Waals surface area (Å²) >= 11 is 0. The van der Waals surface area contributed by atoms with Gasteiger partial charge in [0.1, 0.15) is 0 Å². The number of amides is 4. The number of Topliss-reactive ketones (excluding diaryl/α,β-unsaturated/α-hetero) is 1. The van der Waals surface area contributed by atoms with Gasteiger partial charge in [0.05, 0.1) is 0 Å². The van der Waals surface area contributed by atoms with Crippen molar-refractivity contribution in [2.75, 3.05) is 13.1 Å². The zero-order valence-electron chi connectivity index (χ0n) is 15.8. The van der Waals surface area contributed by atoms with Gasteiger partial charge in [-0.3, -0.25) is 24.2 Å². The summed E-state index contributed by atoms with van der Waals surface area (Å²) in [5.74, 6) is -5.29. The van der Waals surface area contributed by atoms with Gasteiger partial charge in [0, 0.05) is 18.7 Å². The van der Waals surface area contributed by atoms with E-state index in [1.165, 1.54) is 6.07 Å². The van der Waals surface area contributed by atoms with Crippen LogP contribution in [0.3, 0.4) is 0 Å². The van der Waals surface area contributed by atoms with Gasteiger partial charge in [-0.05, 0) is 30.0 Å². The molecule has 146 valence electrons. The first kappa shape index (κ1) is 20.4. The third-order valence-corrected chi connectivity index (χ3v) is 4.11. The monoisotopic (exact) mass is 376 g/mol. The van der Waals surface area contributed by atoms with E-state index in [1.54, 1.807) is 0 Å². The summed E-state index contributed by atoms with van der Waals surface area (Å²) in [5, 5.41) is 19.0. The second-order valence-corrected chi connectivity index (χ2v) is 7.47. The highest BCUT2D eigenvalue weighted by molar-refractivity contribution is 6.29. The molecule has 1 aromatic carbocycles. The molecule has 1 aromatic rings. The predicted octanol–water partition coefficient (Wildman–Crippen LogP) is 2.00. The van der Waals surface area contributed by atoms with Crippen molar-refractivity contribution < 1.29 is 29.4 Å². The smallest absolute Gasteiger partial charge is 0.333 e. The quantitative estimate of drug-likeness (QED) is 0.446. The van der Waals surface area contributed by atoms with Crippen LogP contribution in [0.5, 0.6) is 11.5 Å². The maximum absolute atomic E-state index is 12.9. The standard InChI is InChI=1S/C19H24N2O6/c1-10(2)8-20-17(25)15(18(26)21(19(20)27)9-11(3)4)16(24)12-5-6-13(22)14(23)7-12/h5-7,10-11,15,22-23H,8-9H2,1-4H3. The first-order valence-electron chi connectivity index (χ1n) is 8.77. The van der Waals surface area contributed by atoms with E-state index in [0.717, 1.165) is 21.9 Å². The van der Waals surface area contributed by atoms with Crippen LogP contribution >= 0.6 is 0 Å². The molecule has 8 nitrogen and oxygen atoms in total. The van der Waals surface area contributed by atoms with Gasteiger partial charge >= 0.3 is 6.03 Å². The highest BCUT2D eigenvalue weighted by Gasteiger charge is 2.49. The van der Waals surface area contributed by atoms with E-state index in [2.05, 4.69) is 0 Å². The number of aromatic hydroxyl groups is 2. The molecule has 4 amide bonds. The van der Waals surface area contributed by atoms with E-state index in [0.29, 0.717) is 0 Å². The van der Waals surface area contributed by atoms with Crippen molar-refractivity contribution in [2.24, 2.45) is 17.8 Å². The fourth-order valence-electron chi connectivity index (χ4n) is 2.89. The summed E-state index contributed by atoms with van der Waals surface area (Å²) in [7, 11) is 0. The molecule has 2 N–H and O–H groups in total. The highest BCUT2D eigenvalue weighted by atomic mass is 16.3. The molecular formula is C19H24N2O6. The van der Waals surface area contributed by atoms with Gasteiger partial charge in [-0.15, -0.1) is 0 Å². The van der Waals surface area contributed by atoms with Crippen LogP contribution in [-0.2, 0) is 9.59 Å². The number of benzene rings is 1. The lowest BCUT2D eigenvalue weighted by Crippen LogP contribution is -2.62. The average Bonchev–Trinajstić information content (AvgIpc) is 2.57. The lowest BCUT2D eigenvalue weighted by molar-refractivity contribution is -0.147. The van der Waals surface area contributed by atoms with E-state index in [1.807, 2.05) is 27.7 Å². The van der Waals surface area contributed by atoms with Gasteiger partial charge in [0.15, 0.2) is 23.2 Å². The van der Waals surface area contributed by atoms with Crippen LogP contribution in [-0.4, -0.2) is 56.7 Å². The lowest BCUT2D eigenvalue weighted by atomic mass is 9.92. The van der Waals surface area contributed by atoms with E-state index in [4.69, 9.17) is 0 Å². The molecule has 1 aliphatic rings. The molecule has 0 spiro atoms. The summed E-state index contributed by atoms with van der Waals surface area (Å²) in [6, 6.07) is 2.59. The molecule has 0 unspecified atom stereocenters. The Bertz CT molecular complexity index is 754. The Morgan fingerprint density at radius 3 is 1.81 bits per heavy atom. The molecule has 1 saturated heterocycles. The Labute approximate surface area is 157 Å². The lowest BCUT2D eigenvalue weighted by Gasteiger charge is -2.37. The van der Waals surface area contributed by atoms with Gasteiger partial charge in [0.25, 0.3) is 11.8 Å². The highest BCUT2D eigenvalue weighted by Crippen LogP contribution is 2.29. The minimum absolute atomic E-state index is 0.0412. The van der Waals surface area contributed by atoms with Gasteiger partial charge in [-0.1, -0.05) is 27.7 Å². The van der Waals surface area contributed by atoms with Gasteiger partial charge < -0.3 is 10.2 Å². The topological polar surface area (TPSA) is 115 Å². The summed E-state index contributed by atoms with van der Waals surface area (Å²) < 4.78 is 0. The number of urea groups is 1. The number of rotatable bonds is 6. The molecule has 2 rings (SSSR count). The normalized spacial score (nSPS) is 16.0. The number of phenols is 2. The van der Waals surface area contributed by atoms with Gasteiger partial charge in [-0.25, -0.2) is 4.79 Å². The van der Waals surface area contributed by atoms with Gasteiger partial charge in [0.2, 0.25) is 0 Å². The van der Waals surface area contributed by atoms with Crippen molar-refractivity contribution in [3.63, 3.8) is 0 Å². The second-order valence-electron chi connectivity index (χ2n) is 7.47. The molecule has 0 radical (unpaired) electrons. The first-order valence-corrected chi connectivity index (χ1v) is 8.77. The number of hydrogen-bond donors (Lipinski definition) is 2. The summed E-state index contributed by atoms with van der Waals surface area (Å²) in [6.07, 6.45) is 0. The molecular weight excluding hydrogens is 352 g/mol. The summed E-state index contributed by atoms with van der Waals surface area (Å²) in [4.78, 5) is 53.0. The third-order valence-electron chi connectivity index (χ3n) is 4.11. The van der Waals surface area contributed by atoms with Crippen LogP contribution in [0.25, 0.3) is 0 Å². The number of carbonyl (C=O) groups excluding carboxylic acids is 4. The molecule has 0 aliphatic carbocycles. The van der Waals surface area contributed by atoms with Crippen LogP contribution in [0.1, 0.15) is 38.1 Å². The minimum atomic E-state index is -1.69. The third kappa shape index (κ3) is 4.10. The fraction of sp³-hybridized carbons (Fsp3) is 0.474. The van der Waals surface area contributed by atoms with Crippen LogP contribution in [0, 0.1) is 17.8 Å². The summed E-state index contributed by atoms with van der Waals surface area (Å²) in [5.41, 5.74) is -0.0969. The van der Waals surface area contributed by atoms with E-state index >= 15 is 0 Å². The molecule has 1 aliphatic heterocycles. The molecule has 8 heteroatoms. The molecule has 0 bridgehead atoms. The predicted molar refractivity (Wildman–Crippen MR) is 96.1 cm³/mol. The van der Waals surface area contributed by atoms with Crippen molar-refractivity contribution in [3.8, 4) is 11.5 Å². The first-order chi connectivity index (χ1) is 12.5. The molecule has 0 saturated carbocycles. The number of carbonyl (C=O) groups is 4. The number of imide groups is 2. The second kappa shape index (κ2) is 7.77. The average molecular weight is 376 g/mol. The van der Waals surface area contributed by atoms with Crippen molar-refractivity contribution in [1.29, 1.82) is 0 Å². The number of barbiturate groups is 1. The molecule has 27 heavy (non-hydrogen) atoms. The van der Waals surface area contributed by atoms with Crippen LogP contribution < -0.4 is 0 Å². The number of hydrogen-bond acceptors (Lipinski definition) is 6. The van der Waals surface area contributed by atoms with Crippen LogP contribution in [0.4, 0.5) is 4.79 Å². The minimum Gasteiger partial charge on any atom is -0.504 e. The Balaban J connectivity index is 2.45. The Hall–Kier alpha value is -2.90. The molecule has 1 heterocycles. The Morgan fingerprint density at radius 2 is 1.41 bits per heavy atom. The van der Waals surface area contributed by atoms with Crippen LogP contribution in [0.2, 0.25) is 0 Å². The zero-order valence-corrected chi connectivity index (χ0v) is 15.8. The number of ketones is 1. The Kier molecular flexibility index (Phi) is 5.88. The van der Waals surface area contributed by atoms with E-state index < -0.39 is 41.0 Å². The van der Waals surface area contributed by atoms with E-state index in [9.17, 15) is 29.4 Å². The maximum atomic E-state index is 12.9. The number of phenolic OH excluding ortho intramolecular Hbond substituents is 2. The zero-order chi connectivity index (χ0) is 20.5. The van der Waals surface area contributed by atoms with Gasteiger partial charge in [-0.2, -0.15) is 0 Å². The summed E-state index contributed by atoms with van der Waals surface area (Å²) in [6.45, 7) is 7.45. The Morgan fingerprint density at radius 1 is 0.926 bits per heavy atom. The van der Waals surface area contributed by atoms with Crippen molar-refractivity contribution in [1.82, 2.24) is 9.80 Å². The van der Waals surface area contributed by atoms with E-state index in [-0.39, 0.29) is 30.5 Å². The largest absolute Gasteiger partial charge is 0.504 e. The van der Waals surface area contributed by atoms with Crippen molar-refractivity contribution in [3.05, 3.63) is 23.8 Å². The van der Waals surface area contributed by atoms with Crippen molar-refractivity contribution >= 4 is 23.6 Å². The molecule has 0 atom stereocenters. The molecule has 0 aromatic heterocycles. The number of nitrogens with zero attached hydrogens (tertiary/aromatic N) is 2. The van der Waals surface area contributed by atoms with Crippen molar-refractivity contribution in [2.45, 2.75) is 27.7 Å². The fourth-order valence-corrected chi connectivity index (χ4v) is 2.89. The molecule has 1 fully saturated rings.